The lowest BCUT2D eigenvalue weighted by atomic mass is 10.0. The van der Waals surface area contributed by atoms with E-state index in [-0.39, 0.29) is 12.6 Å². The zero-order chi connectivity index (χ0) is 19.4. The number of ether oxygens (including phenoxy) is 1. The SMILES string of the molecule is C=C(C(=O)OC)c1ccccc1CONN1C(c2ccc(Cl)cc2)=CC1C. The normalized spacial score (nSPS) is 15.7. The second kappa shape index (κ2) is 8.39. The van der Waals surface area contributed by atoms with Crippen molar-refractivity contribution in [2.24, 2.45) is 0 Å². The molecule has 6 heteroatoms. The molecule has 1 N–H and O–H groups in total. The van der Waals surface area contributed by atoms with E-state index in [2.05, 4.69) is 25.2 Å². The van der Waals surface area contributed by atoms with Gasteiger partial charge in [-0.15, -0.1) is 5.59 Å². The zero-order valence-corrected chi connectivity index (χ0v) is 16.0. The molecule has 1 heterocycles. The monoisotopic (exact) mass is 384 g/mol. The smallest absolute Gasteiger partial charge is 0.337 e. The molecule has 140 valence electrons. The van der Waals surface area contributed by atoms with Crippen LogP contribution in [0.2, 0.25) is 5.02 Å². The Kier molecular flexibility index (Phi) is 5.96. The Morgan fingerprint density at radius 2 is 1.93 bits per heavy atom. The number of nitrogens with zero attached hydrogens (tertiary/aromatic N) is 1. The standard InChI is InChI=1S/C21H21ClN2O3/c1-14-12-20(16-8-10-18(22)11-9-16)24(14)23-27-13-17-6-4-5-7-19(17)15(2)21(25)26-3/h4-12,14,23H,2,13H2,1,3H3. The molecule has 0 saturated heterocycles. The van der Waals surface area contributed by atoms with E-state index in [0.717, 1.165) is 16.8 Å². The van der Waals surface area contributed by atoms with Crippen LogP contribution in [0, 0.1) is 0 Å². The highest BCUT2D eigenvalue weighted by Gasteiger charge is 2.26. The average molecular weight is 385 g/mol. The van der Waals surface area contributed by atoms with Crippen LogP contribution < -0.4 is 5.59 Å². The van der Waals surface area contributed by atoms with Crippen molar-refractivity contribution >= 4 is 28.8 Å². The molecule has 1 unspecified atom stereocenters. The molecule has 27 heavy (non-hydrogen) atoms. The van der Waals surface area contributed by atoms with Crippen LogP contribution >= 0.6 is 11.6 Å². The summed E-state index contributed by atoms with van der Waals surface area (Å²) in [5.74, 6) is -0.459. The van der Waals surface area contributed by atoms with E-state index in [1.807, 2.05) is 53.5 Å². The molecule has 0 bridgehead atoms. The van der Waals surface area contributed by atoms with Crippen molar-refractivity contribution in [3.05, 3.63) is 82.9 Å². The molecular weight excluding hydrogens is 364 g/mol. The topological polar surface area (TPSA) is 50.8 Å². The number of nitrogens with one attached hydrogen (secondary N) is 1. The van der Waals surface area contributed by atoms with Crippen molar-refractivity contribution in [2.45, 2.75) is 19.6 Å². The van der Waals surface area contributed by atoms with Crippen molar-refractivity contribution in [1.29, 1.82) is 0 Å². The van der Waals surface area contributed by atoms with Crippen molar-refractivity contribution in [1.82, 2.24) is 10.6 Å². The van der Waals surface area contributed by atoms with Gasteiger partial charge in [0.2, 0.25) is 0 Å². The predicted molar refractivity (Wildman–Crippen MR) is 106 cm³/mol. The van der Waals surface area contributed by atoms with E-state index in [1.54, 1.807) is 0 Å². The molecule has 0 amide bonds. The number of hydrogen-bond acceptors (Lipinski definition) is 5. The summed E-state index contributed by atoms with van der Waals surface area (Å²) < 4.78 is 4.76. The van der Waals surface area contributed by atoms with Gasteiger partial charge in [-0.2, -0.15) is 0 Å². The lowest BCUT2D eigenvalue weighted by molar-refractivity contribution is -0.133. The molecule has 0 saturated carbocycles. The highest BCUT2D eigenvalue weighted by molar-refractivity contribution is 6.30. The van der Waals surface area contributed by atoms with E-state index >= 15 is 0 Å². The Hall–Kier alpha value is -2.60. The minimum absolute atomic E-state index is 0.191. The summed E-state index contributed by atoms with van der Waals surface area (Å²) in [5, 5.41) is 2.63. The molecule has 2 aromatic rings. The Bertz CT molecular complexity index is 877. The van der Waals surface area contributed by atoms with Gasteiger partial charge in [-0.05, 0) is 41.8 Å². The van der Waals surface area contributed by atoms with E-state index in [1.165, 1.54) is 7.11 Å². The van der Waals surface area contributed by atoms with Gasteiger partial charge in [-0.25, -0.2) is 4.79 Å². The lowest BCUT2D eigenvalue weighted by Crippen LogP contribution is -2.48. The minimum atomic E-state index is -0.459. The number of carbonyl (C=O) groups excluding carboxylic acids is 1. The molecule has 0 aliphatic carbocycles. The van der Waals surface area contributed by atoms with Gasteiger partial charge in [-0.1, -0.05) is 54.6 Å². The van der Waals surface area contributed by atoms with Gasteiger partial charge in [0.1, 0.15) is 0 Å². The second-order valence-electron chi connectivity index (χ2n) is 6.18. The number of carbonyl (C=O) groups is 1. The van der Waals surface area contributed by atoms with Gasteiger partial charge in [0, 0.05) is 5.02 Å². The number of rotatable bonds is 7. The van der Waals surface area contributed by atoms with Crippen LogP contribution in [0.4, 0.5) is 0 Å². The highest BCUT2D eigenvalue weighted by Crippen LogP contribution is 2.30. The number of esters is 1. The summed E-state index contributed by atoms with van der Waals surface area (Å²) >= 11 is 5.95. The van der Waals surface area contributed by atoms with Crippen molar-refractivity contribution < 1.29 is 14.4 Å². The molecular formula is C21H21ClN2O3. The Morgan fingerprint density at radius 3 is 2.59 bits per heavy atom. The fraction of sp³-hybridized carbons (Fsp3) is 0.190. The molecule has 5 nitrogen and oxygen atoms in total. The predicted octanol–water partition coefficient (Wildman–Crippen LogP) is 4.21. The zero-order valence-electron chi connectivity index (χ0n) is 15.2. The van der Waals surface area contributed by atoms with E-state index in [4.69, 9.17) is 21.2 Å². The van der Waals surface area contributed by atoms with Crippen LogP contribution in [0.1, 0.15) is 23.6 Å². The lowest BCUT2D eigenvalue weighted by Gasteiger charge is -2.39. The quantitative estimate of drug-likeness (QED) is 0.440. The molecule has 0 radical (unpaired) electrons. The maximum absolute atomic E-state index is 11.8. The van der Waals surface area contributed by atoms with Gasteiger partial charge in [0.15, 0.2) is 0 Å². The third-order valence-electron chi connectivity index (χ3n) is 4.37. The molecule has 0 aromatic heterocycles. The van der Waals surface area contributed by atoms with Gasteiger partial charge in [0.05, 0.1) is 31.0 Å². The van der Waals surface area contributed by atoms with Crippen LogP contribution in [-0.4, -0.2) is 24.1 Å². The Labute approximate surface area is 163 Å². The third kappa shape index (κ3) is 4.22. The summed E-state index contributed by atoms with van der Waals surface area (Å²) in [6.07, 6.45) is 2.13. The van der Waals surface area contributed by atoms with Crippen molar-refractivity contribution in [3.63, 3.8) is 0 Å². The maximum Gasteiger partial charge on any atom is 0.337 e. The first kappa shape index (κ1) is 19.2. The Morgan fingerprint density at radius 1 is 1.22 bits per heavy atom. The van der Waals surface area contributed by atoms with Gasteiger partial charge in [0.25, 0.3) is 0 Å². The number of hydrazine groups is 1. The first-order chi connectivity index (χ1) is 13.0. The molecule has 2 aromatic carbocycles. The van der Waals surface area contributed by atoms with E-state index < -0.39 is 5.97 Å². The first-order valence-electron chi connectivity index (χ1n) is 8.51. The number of halogens is 1. The summed E-state index contributed by atoms with van der Waals surface area (Å²) in [5.41, 5.74) is 6.89. The third-order valence-corrected chi connectivity index (χ3v) is 4.62. The van der Waals surface area contributed by atoms with E-state index in [0.29, 0.717) is 16.2 Å². The molecule has 1 aliphatic rings. The largest absolute Gasteiger partial charge is 0.465 e. The minimum Gasteiger partial charge on any atom is -0.465 e. The van der Waals surface area contributed by atoms with Crippen LogP contribution in [0.5, 0.6) is 0 Å². The molecule has 0 fully saturated rings. The fourth-order valence-electron chi connectivity index (χ4n) is 2.86. The van der Waals surface area contributed by atoms with Crippen LogP contribution in [-0.2, 0) is 21.0 Å². The summed E-state index contributed by atoms with van der Waals surface area (Å²) in [4.78, 5) is 17.5. The van der Waals surface area contributed by atoms with Crippen LogP contribution in [0.3, 0.4) is 0 Å². The van der Waals surface area contributed by atoms with Gasteiger partial charge in [-0.3, -0.25) is 9.85 Å². The van der Waals surface area contributed by atoms with Gasteiger partial charge >= 0.3 is 5.97 Å². The molecule has 3 rings (SSSR count). The molecule has 1 atom stereocenters. The molecule has 1 aliphatic heterocycles. The maximum atomic E-state index is 11.8. The van der Waals surface area contributed by atoms with Crippen LogP contribution in [0.15, 0.2) is 61.2 Å². The number of hydrogen-bond donors (Lipinski definition) is 1. The van der Waals surface area contributed by atoms with E-state index in [9.17, 15) is 4.79 Å². The number of methoxy groups -OCH3 is 1. The average Bonchev–Trinajstić information content (AvgIpc) is 2.69. The van der Waals surface area contributed by atoms with Crippen LogP contribution in [0.25, 0.3) is 11.3 Å². The number of benzene rings is 2. The van der Waals surface area contributed by atoms with Crippen molar-refractivity contribution in [3.8, 4) is 0 Å². The summed E-state index contributed by atoms with van der Waals surface area (Å²) in [7, 11) is 1.34. The Balaban J connectivity index is 1.64. The second-order valence-corrected chi connectivity index (χ2v) is 6.61. The highest BCUT2D eigenvalue weighted by atomic mass is 35.5. The first-order valence-corrected chi connectivity index (χ1v) is 8.89. The van der Waals surface area contributed by atoms with Gasteiger partial charge < -0.3 is 4.74 Å². The summed E-state index contributed by atoms with van der Waals surface area (Å²) in [6.45, 7) is 6.14. The summed E-state index contributed by atoms with van der Waals surface area (Å²) in [6, 6.07) is 15.3. The fourth-order valence-corrected chi connectivity index (χ4v) is 2.99. The molecule has 0 spiro atoms. The van der Waals surface area contributed by atoms with Crippen molar-refractivity contribution in [2.75, 3.05) is 7.11 Å².